The molecule has 0 radical (unpaired) electrons. The van der Waals surface area contributed by atoms with Gasteiger partial charge in [0, 0.05) is 6.07 Å². The Morgan fingerprint density at radius 1 is 1.12 bits per heavy atom. The first-order valence-electron chi connectivity index (χ1n) is 7.50. The van der Waals surface area contributed by atoms with E-state index in [4.69, 9.17) is 9.47 Å². The van der Waals surface area contributed by atoms with Crippen molar-refractivity contribution in [2.24, 2.45) is 0 Å². The van der Waals surface area contributed by atoms with Crippen LogP contribution in [0.2, 0.25) is 0 Å². The normalized spacial score (nSPS) is 19.6. The van der Waals surface area contributed by atoms with Gasteiger partial charge in [0.25, 0.3) is 0 Å². The number of benzene rings is 2. The van der Waals surface area contributed by atoms with E-state index in [-0.39, 0.29) is 6.10 Å². The summed E-state index contributed by atoms with van der Waals surface area (Å²) in [6, 6.07) is 10.7. The van der Waals surface area contributed by atoms with Gasteiger partial charge >= 0.3 is 5.69 Å². The van der Waals surface area contributed by atoms with Crippen LogP contribution in [0.15, 0.2) is 42.5 Å². The van der Waals surface area contributed by atoms with Crippen LogP contribution >= 0.6 is 0 Å². The zero-order valence-corrected chi connectivity index (χ0v) is 12.7. The number of nitro groups is 1. The van der Waals surface area contributed by atoms with Gasteiger partial charge in [-0.25, -0.2) is 8.78 Å². The average Bonchev–Trinajstić information content (AvgIpc) is 2.53. The summed E-state index contributed by atoms with van der Waals surface area (Å²) in [5.41, 5.74) is 0.267. The fourth-order valence-corrected chi connectivity index (χ4v) is 2.49. The van der Waals surface area contributed by atoms with Crippen molar-refractivity contribution in [1.29, 1.82) is 0 Å². The van der Waals surface area contributed by atoms with Crippen molar-refractivity contribution in [2.45, 2.75) is 31.7 Å². The van der Waals surface area contributed by atoms with Gasteiger partial charge in [-0.1, -0.05) is 30.3 Å². The monoisotopic (exact) mass is 335 g/mol. The highest BCUT2D eigenvalue weighted by Crippen LogP contribution is 2.36. The van der Waals surface area contributed by atoms with Crippen molar-refractivity contribution >= 4 is 5.69 Å². The predicted molar refractivity (Wildman–Crippen MR) is 81.7 cm³/mol. The lowest BCUT2D eigenvalue weighted by Gasteiger charge is -2.36. The molecule has 126 valence electrons. The van der Waals surface area contributed by atoms with Crippen LogP contribution in [-0.2, 0) is 11.3 Å². The van der Waals surface area contributed by atoms with Crippen molar-refractivity contribution < 1.29 is 23.2 Å². The van der Waals surface area contributed by atoms with E-state index in [0.717, 1.165) is 5.56 Å². The topological polar surface area (TPSA) is 61.6 Å². The fourth-order valence-electron chi connectivity index (χ4n) is 2.49. The molecule has 0 bridgehead atoms. The van der Waals surface area contributed by atoms with Gasteiger partial charge in [-0.3, -0.25) is 10.1 Å². The third-order valence-electron chi connectivity index (χ3n) is 3.91. The molecule has 1 aliphatic rings. The molecule has 1 fully saturated rings. The molecule has 0 spiro atoms. The Bertz CT molecular complexity index is 739. The Morgan fingerprint density at radius 3 is 2.46 bits per heavy atom. The number of hydrogen-bond donors (Lipinski definition) is 0. The first-order chi connectivity index (χ1) is 11.5. The highest BCUT2D eigenvalue weighted by molar-refractivity contribution is 5.47. The molecule has 2 aromatic carbocycles. The van der Waals surface area contributed by atoms with Crippen LogP contribution in [0.3, 0.4) is 0 Å². The molecule has 1 saturated carbocycles. The molecular weight excluding hydrogens is 320 g/mol. The molecule has 0 saturated heterocycles. The van der Waals surface area contributed by atoms with Crippen LogP contribution in [0.5, 0.6) is 5.75 Å². The lowest BCUT2D eigenvalue weighted by Crippen LogP contribution is -2.43. The second-order valence-electron chi connectivity index (χ2n) is 5.56. The van der Waals surface area contributed by atoms with Crippen molar-refractivity contribution in [1.82, 2.24) is 0 Å². The average molecular weight is 335 g/mol. The van der Waals surface area contributed by atoms with Gasteiger partial charge in [-0.05, 0) is 18.4 Å². The second kappa shape index (κ2) is 6.92. The van der Waals surface area contributed by atoms with Crippen LogP contribution in [0.25, 0.3) is 0 Å². The smallest absolute Gasteiger partial charge is 0.316 e. The molecule has 0 aliphatic heterocycles. The zero-order valence-electron chi connectivity index (χ0n) is 12.7. The molecule has 2 aromatic rings. The number of ether oxygens (including phenoxy) is 2. The molecule has 1 aliphatic carbocycles. The third-order valence-corrected chi connectivity index (χ3v) is 3.91. The summed E-state index contributed by atoms with van der Waals surface area (Å²) in [4.78, 5) is 10.1. The minimum atomic E-state index is -1.09. The lowest BCUT2D eigenvalue weighted by molar-refractivity contribution is -0.386. The molecule has 3 rings (SSSR count). The molecule has 0 N–H and O–H groups in total. The maximum atomic E-state index is 13.9. The summed E-state index contributed by atoms with van der Waals surface area (Å²) < 4.78 is 38.2. The highest BCUT2D eigenvalue weighted by Gasteiger charge is 2.36. The van der Waals surface area contributed by atoms with Gasteiger partial charge in [-0.15, -0.1) is 0 Å². The quantitative estimate of drug-likeness (QED) is 0.591. The van der Waals surface area contributed by atoms with Crippen LogP contribution in [-0.4, -0.2) is 17.1 Å². The first-order valence-corrected chi connectivity index (χ1v) is 7.50. The molecule has 2 atom stereocenters. The summed E-state index contributed by atoms with van der Waals surface area (Å²) in [6.45, 7) is 0.374. The largest absolute Gasteiger partial charge is 0.479 e. The SMILES string of the molecule is O=[N+]([O-])c1cc(F)cc(F)c1OC1CCC1OCc1ccccc1. The van der Waals surface area contributed by atoms with E-state index in [0.29, 0.717) is 31.6 Å². The van der Waals surface area contributed by atoms with Crippen LogP contribution in [0.4, 0.5) is 14.5 Å². The van der Waals surface area contributed by atoms with E-state index in [2.05, 4.69) is 0 Å². The summed E-state index contributed by atoms with van der Waals surface area (Å²) in [7, 11) is 0. The van der Waals surface area contributed by atoms with Gasteiger partial charge in [0.1, 0.15) is 11.9 Å². The Balaban J connectivity index is 1.67. The molecule has 0 amide bonds. The van der Waals surface area contributed by atoms with E-state index in [1.165, 1.54) is 0 Å². The molecular formula is C17H15F2NO4. The van der Waals surface area contributed by atoms with E-state index < -0.39 is 34.1 Å². The van der Waals surface area contributed by atoms with E-state index >= 15 is 0 Å². The van der Waals surface area contributed by atoms with Crippen molar-refractivity contribution in [3.8, 4) is 5.75 Å². The van der Waals surface area contributed by atoms with Crippen LogP contribution in [0, 0.1) is 21.7 Å². The Morgan fingerprint density at radius 2 is 1.83 bits per heavy atom. The molecule has 7 heteroatoms. The minimum Gasteiger partial charge on any atom is -0.479 e. The van der Waals surface area contributed by atoms with Crippen molar-refractivity contribution in [3.05, 3.63) is 69.8 Å². The van der Waals surface area contributed by atoms with E-state index in [1.54, 1.807) is 0 Å². The van der Waals surface area contributed by atoms with E-state index in [1.807, 2.05) is 30.3 Å². The van der Waals surface area contributed by atoms with Gasteiger partial charge in [0.05, 0.1) is 23.7 Å². The second-order valence-corrected chi connectivity index (χ2v) is 5.56. The van der Waals surface area contributed by atoms with Crippen molar-refractivity contribution in [3.63, 3.8) is 0 Å². The standard InChI is InChI=1S/C17H15F2NO4/c18-12-8-13(19)17(14(9-12)20(21)22)24-16-7-6-15(16)23-10-11-4-2-1-3-5-11/h1-5,8-9,15-16H,6-7,10H2. The van der Waals surface area contributed by atoms with Crippen molar-refractivity contribution in [2.75, 3.05) is 0 Å². The zero-order chi connectivity index (χ0) is 17.1. The maximum absolute atomic E-state index is 13.9. The van der Waals surface area contributed by atoms with Crippen LogP contribution < -0.4 is 4.74 Å². The summed E-state index contributed by atoms with van der Waals surface area (Å²) in [5, 5.41) is 11.0. The molecule has 0 aromatic heterocycles. The molecule has 0 heterocycles. The fraction of sp³-hybridized carbons (Fsp3) is 0.294. The number of hydrogen-bond acceptors (Lipinski definition) is 4. The Labute approximate surface area is 137 Å². The lowest BCUT2D eigenvalue weighted by atomic mass is 9.91. The summed E-state index contributed by atoms with van der Waals surface area (Å²) in [6.07, 6.45) is 0.531. The molecule has 5 nitrogen and oxygen atoms in total. The van der Waals surface area contributed by atoms with Gasteiger partial charge in [0.15, 0.2) is 5.82 Å². The van der Waals surface area contributed by atoms with Gasteiger partial charge < -0.3 is 9.47 Å². The predicted octanol–water partition coefficient (Wildman–Crippen LogP) is 4.00. The van der Waals surface area contributed by atoms with E-state index in [9.17, 15) is 18.9 Å². The number of halogens is 2. The Hall–Kier alpha value is -2.54. The maximum Gasteiger partial charge on any atom is 0.316 e. The van der Waals surface area contributed by atoms with Gasteiger partial charge in [-0.2, -0.15) is 0 Å². The number of rotatable bonds is 6. The number of nitro benzene ring substituents is 1. The highest BCUT2D eigenvalue weighted by atomic mass is 19.1. The first kappa shape index (κ1) is 16.3. The van der Waals surface area contributed by atoms with Crippen LogP contribution in [0.1, 0.15) is 18.4 Å². The van der Waals surface area contributed by atoms with Gasteiger partial charge in [0.2, 0.25) is 5.75 Å². The summed E-state index contributed by atoms with van der Waals surface area (Å²) in [5.74, 6) is -2.65. The molecule has 2 unspecified atom stereocenters. The number of nitrogens with zero attached hydrogens (tertiary/aromatic N) is 1. The minimum absolute atomic E-state index is 0.283. The third kappa shape index (κ3) is 3.51. The molecule has 24 heavy (non-hydrogen) atoms. The Kier molecular flexibility index (Phi) is 4.71. The summed E-state index contributed by atoms with van der Waals surface area (Å²) >= 11 is 0.